The summed E-state index contributed by atoms with van der Waals surface area (Å²) in [5, 5.41) is 9.77. The quantitative estimate of drug-likeness (QED) is 0.568. The predicted octanol–water partition coefficient (Wildman–Crippen LogP) is -0.137. The van der Waals surface area contributed by atoms with Gasteiger partial charge in [0.05, 0.1) is 19.1 Å². The Hall–Kier alpha value is -1.71. The molecule has 108 valence electrons. The number of aromatic amines is 2. The van der Waals surface area contributed by atoms with E-state index in [4.69, 9.17) is 0 Å². The average Bonchev–Trinajstić information content (AvgIpc) is 2.94. The summed E-state index contributed by atoms with van der Waals surface area (Å²) in [5.41, 5.74) is 1.35. The van der Waals surface area contributed by atoms with E-state index in [0.717, 1.165) is 12.8 Å². The highest BCUT2D eigenvalue weighted by molar-refractivity contribution is 7.89. The van der Waals surface area contributed by atoms with Crippen LogP contribution in [-0.4, -0.2) is 34.6 Å². The predicted molar refractivity (Wildman–Crippen MR) is 71.1 cm³/mol. The SMILES string of the molecule is O=S(=O)(NCc1cnc[nH]1)c1[nH]ncc1CNC1CC1. The fourth-order valence-electron chi connectivity index (χ4n) is 1.83. The van der Waals surface area contributed by atoms with Gasteiger partial charge in [0.15, 0.2) is 5.03 Å². The van der Waals surface area contributed by atoms with Gasteiger partial charge in [0, 0.05) is 30.0 Å². The van der Waals surface area contributed by atoms with Crippen molar-refractivity contribution in [3.8, 4) is 0 Å². The molecule has 0 bridgehead atoms. The number of sulfonamides is 1. The first kappa shape index (κ1) is 13.3. The Morgan fingerprint density at radius 1 is 1.30 bits per heavy atom. The zero-order chi connectivity index (χ0) is 14.0. The summed E-state index contributed by atoms with van der Waals surface area (Å²) in [7, 11) is -3.61. The third-order valence-electron chi connectivity index (χ3n) is 3.11. The van der Waals surface area contributed by atoms with Gasteiger partial charge in [-0.3, -0.25) is 5.10 Å². The first-order valence-corrected chi connectivity index (χ1v) is 7.86. The molecular weight excluding hydrogens is 280 g/mol. The monoisotopic (exact) mass is 296 g/mol. The van der Waals surface area contributed by atoms with Crippen LogP contribution in [0.4, 0.5) is 0 Å². The molecule has 4 N–H and O–H groups in total. The van der Waals surface area contributed by atoms with E-state index in [9.17, 15) is 8.42 Å². The highest BCUT2D eigenvalue weighted by Crippen LogP contribution is 2.20. The second kappa shape index (κ2) is 5.35. The van der Waals surface area contributed by atoms with E-state index in [1.807, 2.05) is 0 Å². The van der Waals surface area contributed by atoms with Gasteiger partial charge in [-0.15, -0.1) is 0 Å². The van der Waals surface area contributed by atoms with Crippen LogP contribution in [0.25, 0.3) is 0 Å². The van der Waals surface area contributed by atoms with Crippen molar-refractivity contribution in [3.05, 3.63) is 30.0 Å². The molecule has 2 aromatic rings. The lowest BCUT2D eigenvalue weighted by atomic mass is 10.3. The lowest BCUT2D eigenvalue weighted by Crippen LogP contribution is -2.26. The number of hydrogen-bond acceptors (Lipinski definition) is 5. The van der Waals surface area contributed by atoms with E-state index >= 15 is 0 Å². The zero-order valence-electron chi connectivity index (χ0n) is 10.8. The van der Waals surface area contributed by atoms with Crippen LogP contribution in [0.1, 0.15) is 24.1 Å². The maximum atomic E-state index is 12.2. The van der Waals surface area contributed by atoms with Crippen LogP contribution >= 0.6 is 0 Å². The summed E-state index contributed by atoms with van der Waals surface area (Å²) in [6, 6.07) is 0.512. The lowest BCUT2D eigenvalue weighted by molar-refractivity contribution is 0.572. The van der Waals surface area contributed by atoms with Crippen LogP contribution in [0.15, 0.2) is 23.7 Å². The van der Waals surface area contributed by atoms with Crippen molar-refractivity contribution < 1.29 is 8.42 Å². The van der Waals surface area contributed by atoms with E-state index in [-0.39, 0.29) is 11.6 Å². The fraction of sp³-hybridized carbons (Fsp3) is 0.455. The number of nitrogens with one attached hydrogen (secondary N) is 4. The Kier molecular flexibility index (Phi) is 3.55. The average molecular weight is 296 g/mol. The number of hydrogen-bond donors (Lipinski definition) is 4. The van der Waals surface area contributed by atoms with Crippen LogP contribution in [0.5, 0.6) is 0 Å². The normalized spacial score (nSPS) is 15.6. The Labute approximate surface area is 116 Å². The van der Waals surface area contributed by atoms with Crippen molar-refractivity contribution in [2.45, 2.75) is 37.0 Å². The van der Waals surface area contributed by atoms with Crippen molar-refractivity contribution in [3.63, 3.8) is 0 Å². The van der Waals surface area contributed by atoms with Gasteiger partial charge in [-0.2, -0.15) is 5.10 Å². The topological polar surface area (TPSA) is 116 Å². The van der Waals surface area contributed by atoms with E-state index < -0.39 is 10.0 Å². The van der Waals surface area contributed by atoms with E-state index in [0.29, 0.717) is 23.8 Å². The first-order valence-electron chi connectivity index (χ1n) is 6.38. The van der Waals surface area contributed by atoms with Gasteiger partial charge < -0.3 is 10.3 Å². The third kappa shape index (κ3) is 3.06. The Morgan fingerprint density at radius 3 is 2.85 bits per heavy atom. The van der Waals surface area contributed by atoms with Crippen LogP contribution in [0.2, 0.25) is 0 Å². The maximum Gasteiger partial charge on any atom is 0.258 e. The van der Waals surface area contributed by atoms with Crippen molar-refractivity contribution in [2.75, 3.05) is 0 Å². The van der Waals surface area contributed by atoms with Gasteiger partial charge >= 0.3 is 0 Å². The number of rotatable bonds is 7. The van der Waals surface area contributed by atoms with Gasteiger partial charge in [-0.1, -0.05) is 0 Å². The second-order valence-corrected chi connectivity index (χ2v) is 6.48. The van der Waals surface area contributed by atoms with Crippen LogP contribution in [0.3, 0.4) is 0 Å². The number of imidazole rings is 1. The molecule has 0 spiro atoms. The molecule has 20 heavy (non-hydrogen) atoms. The molecular formula is C11H16N6O2S. The first-order chi connectivity index (χ1) is 9.65. The molecule has 0 atom stereocenters. The highest BCUT2D eigenvalue weighted by atomic mass is 32.2. The standard InChI is InChI=1S/C11H16N6O2S/c18-20(19,16-6-10-5-12-7-14-10)11-8(4-15-17-11)3-13-9-1-2-9/h4-5,7,9,13,16H,1-3,6H2,(H,12,14)(H,15,17). The number of nitrogens with zero attached hydrogens (tertiary/aromatic N) is 2. The van der Waals surface area contributed by atoms with Crippen molar-refractivity contribution in [1.82, 2.24) is 30.2 Å². The smallest absolute Gasteiger partial charge is 0.258 e. The highest BCUT2D eigenvalue weighted by Gasteiger charge is 2.24. The summed E-state index contributed by atoms with van der Waals surface area (Å²) in [4.78, 5) is 6.68. The Bertz CT molecular complexity index is 659. The zero-order valence-corrected chi connectivity index (χ0v) is 11.6. The Balaban J connectivity index is 1.68. The third-order valence-corrected chi connectivity index (χ3v) is 4.53. The Morgan fingerprint density at radius 2 is 2.15 bits per heavy atom. The molecule has 0 amide bonds. The van der Waals surface area contributed by atoms with Crippen LogP contribution < -0.4 is 10.0 Å². The molecule has 2 heterocycles. The molecule has 0 saturated heterocycles. The van der Waals surface area contributed by atoms with E-state index in [1.54, 1.807) is 12.4 Å². The van der Waals surface area contributed by atoms with Crippen molar-refractivity contribution in [2.24, 2.45) is 0 Å². The van der Waals surface area contributed by atoms with Gasteiger partial charge in [0.25, 0.3) is 10.0 Å². The van der Waals surface area contributed by atoms with E-state index in [1.165, 1.54) is 6.33 Å². The number of aromatic nitrogens is 4. The lowest BCUT2D eigenvalue weighted by Gasteiger charge is -2.06. The molecule has 9 heteroatoms. The largest absolute Gasteiger partial charge is 0.347 e. The van der Waals surface area contributed by atoms with Crippen molar-refractivity contribution in [1.29, 1.82) is 0 Å². The molecule has 1 saturated carbocycles. The van der Waals surface area contributed by atoms with Gasteiger partial charge in [-0.25, -0.2) is 18.1 Å². The summed E-state index contributed by atoms with van der Waals surface area (Å²) >= 11 is 0. The number of H-pyrrole nitrogens is 2. The maximum absolute atomic E-state index is 12.2. The molecule has 2 aromatic heterocycles. The minimum Gasteiger partial charge on any atom is -0.347 e. The summed E-state index contributed by atoms with van der Waals surface area (Å²) in [5.74, 6) is 0. The van der Waals surface area contributed by atoms with Gasteiger partial charge in [0.1, 0.15) is 0 Å². The second-order valence-electron chi connectivity index (χ2n) is 4.78. The van der Waals surface area contributed by atoms with Gasteiger partial charge in [-0.05, 0) is 12.8 Å². The molecule has 3 rings (SSSR count). The van der Waals surface area contributed by atoms with Crippen molar-refractivity contribution >= 4 is 10.0 Å². The minimum atomic E-state index is -3.61. The molecule has 0 aromatic carbocycles. The molecule has 0 aliphatic heterocycles. The van der Waals surface area contributed by atoms with Gasteiger partial charge in [0.2, 0.25) is 0 Å². The van der Waals surface area contributed by atoms with Crippen LogP contribution in [0, 0.1) is 0 Å². The summed E-state index contributed by atoms with van der Waals surface area (Å²) < 4.78 is 27.0. The minimum absolute atomic E-state index is 0.116. The molecule has 1 fully saturated rings. The van der Waals surface area contributed by atoms with Crippen LogP contribution in [-0.2, 0) is 23.1 Å². The molecule has 1 aliphatic rings. The molecule has 1 aliphatic carbocycles. The molecule has 0 radical (unpaired) electrons. The summed E-state index contributed by atoms with van der Waals surface area (Å²) in [6.45, 7) is 0.665. The van der Waals surface area contributed by atoms with E-state index in [2.05, 4.69) is 30.2 Å². The molecule has 8 nitrogen and oxygen atoms in total. The fourth-order valence-corrected chi connectivity index (χ4v) is 2.96. The molecule has 0 unspecified atom stereocenters. The summed E-state index contributed by atoms with van der Waals surface area (Å²) in [6.07, 6.45) is 6.92.